The van der Waals surface area contributed by atoms with Crippen molar-refractivity contribution >= 4 is 11.9 Å². The fraction of sp³-hybridized carbons (Fsp3) is 0.688. The molecule has 6 heteroatoms. The minimum atomic E-state index is 0.0446. The molecule has 0 unspecified atom stereocenters. The molecule has 1 aliphatic carbocycles. The van der Waals surface area contributed by atoms with E-state index in [0.29, 0.717) is 17.6 Å². The van der Waals surface area contributed by atoms with Crippen LogP contribution in [0.15, 0.2) is 12.4 Å². The van der Waals surface area contributed by atoms with E-state index in [1.165, 1.54) is 25.7 Å². The molecule has 1 aliphatic heterocycles. The van der Waals surface area contributed by atoms with Crippen molar-refractivity contribution in [2.24, 2.45) is 0 Å². The highest BCUT2D eigenvalue weighted by atomic mass is 16.2. The van der Waals surface area contributed by atoms with E-state index in [0.717, 1.165) is 32.7 Å². The summed E-state index contributed by atoms with van der Waals surface area (Å²) >= 11 is 0. The lowest BCUT2D eigenvalue weighted by Gasteiger charge is -2.33. The van der Waals surface area contributed by atoms with Crippen molar-refractivity contribution in [3.8, 4) is 0 Å². The van der Waals surface area contributed by atoms with Gasteiger partial charge in [-0.1, -0.05) is 19.8 Å². The zero-order valence-electron chi connectivity index (χ0n) is 13.3. The summed E-state index contributed by atoms with van der Waals surface area (Å²) in [5.41, 5.74) is 0.585. The van der Waals surface area contributed by atoms with E-state index in [1.54, 1.807) is 12.4 Å². The molecular weight excluding hydrogens is 278 g/mol. The first-order chi connectivity index (χ1) is 10.8. The molecule has 2 aliphatic rings. The minimum absolute atomic E-state index is 0.0446. The molecule has 0 bridgehead atoms. The topological polar surface area (TPSA) is 61.4 Å². The summed E-state index contributed by atoms with van der Waals surface area (Å²) in [6.07, 6.45) is 8.23. The van der Waals surface area contributed by atoms with Crippen LogP contribution in [0.5, 0.6) is 0 Å². The van der Waals surface area contributed by atoms with Gasteiger partial charge in [0.25, 0.3) is 5.91 Å². The summed E-state index contributed by atoms with van der Waals surface area (Å²) in [5.74, 6) is 0.683. The Balaban J connectivity index is 1.56. The van der Waals surface area contributed by atoms with Gasteiger partial charge in [0.05, 0.1) is 5.56 Å². The Morgan fingerprint density at radius 1 is 1.18 bits per heavy atom. The maximum atomic E-state index is 12.5. The monoisotopic (exact) mass is 303 g/mol. The van der Waals surface area contributed by atoms with Crippen molar-refractivity contribution in [2.75, 3.05) is 38.0 Å². The number of carbonyl (C=O) groups is 1. The number of aromatic nitrogens is 2. The van der Waals surface area contributed by atoms with Crippen LogP contribution in [0.25, 0.3) is 0 Å². The molecule has 1 aromatic rings. The van der Waals surface area contributed by atoms with Crippen LogP contribution in [-0.2, 0) is 0 Å². The van der Waals surface area contributed by atoms with Gasteiger partial charge >= 0.3 is 0 Å². The van der Waals surface area contributed by atoms with Crippen LogP contribution < -0.4 is 5.32 Å². The Kier molecular flexibility index (Phi) is 4.87. The summed E-state index contributed by atoms with van der Waals surface area (Å²) in [6, 6.07) is 0.490. The van der Waals surface area contributed by atoms with Gasteiger partial charge in [-0.3, -0.25) is 4.79 Å². The molecule has 3 rings (SSSR count). The van der Waals surface area contributed by atoms with E-state index in [4.69, 9.17) is 0 Å². The number of nitrogens with one attached hydrogen (secondary N) is 1. The molecule has 6 nitrogen and oxygen atoms in total. The molecule has 1 saturated carbocycles. The lowest BCUT2D eigenvalue weighted by atomic mass is 10.2. The standard InChI is InChI=1S/C16H25N5O/c1-2-20-7-9-21(10-8-20)15(22)13-11-17-16(18-12-13)19-14-5-3-4-6-14/h11-12,14H,2-10H2,1H3,(H,17,18,19). The van der Waals surface area contributed by atoms with E-state index in [1.807, 2.05) is 4.90 Å². The van der Waals surface area contributed by atoms with Crippen LogP contribution in [0.1, 0.15) is 43.0 Å². The van der Waals surface area contributed by atoms with Gasteiger partial charge in [0.2, 0.25) is 5.95 Å². The zero-order valence-corrected chi connectivity index (χ0v) is 13.3. The summed E-state index contributed by atoms with van der Waals surface area (Å²) in [7, 11) is 0. The Labute approximate surface area is 131 Å². The van der Waals surface area contributed by atoms with Gasteiger partial charge in [-0.2, -0.15) is 0 Å². The van der Waals surface area contributed by atoms with Crippen LogP contribution in [0.4, 0.5) is 5.95 Å². The smallest absolute Gasteiger partial charge is 0.257 e. The second-order valence-corrected chi connectivity index (χ2v) is 6.15. The lowest BCUT2D eigenvalue weighted by Crippen LogP contribution is -2.48. The second-order valence-electron chi connectivity index (χ2n) is 6.15. The molecular formula is C16H25N5O. The third kappa shape index (κ3) is 3.55. The number of nitrogens with zero attached hydrogens (tertiary/aromatic N) is 4. The predicted octanol–water partition coefficient (Wildman–Crippen LogP) is 1.61. The minimum Gasteiger partial charge on any atom is -0.351 e. The number of amides is 1. The first-order valence-electron chi connectivity index (χ1n) is 8.36. The highest BCUT2D eigenvalue weighted by Crippen LogP contribution is 2.20. The third-order valence-electron chi connectivity index (χ3n) is 4.69. The SMILES string of the molecule is CCN1CCN(C(=O)c2cnc(NC3CCCC3)nc2)CC1. The van der Waals surface area contributed by atoms with Gasteiger partial charge in [-0.15, -0.1) is 0 Å². The van der Waals surface area contributed by atoms with Crippen molar-refractivity contribution in [3.63, 3.8) is 0 Å². The van der Waals surface area contributed by atoms with Crippen LogP contribution in [0, 0.1) is 0 Å². The molecule has 1 N–H and O–H groups in total. The first kappa shape index (κ1) is 15.2. The highest BCUT2D eigenvalue weighted by molar-refractivity contribution is 5.93. The maximum Gasteiger partial charge on any atom is 0.257 e. The molecule has 0 aromatic carbocycles. The lowest BCUT2D eigenvalue weighted by molar-refractivity contribution is 0.0642. The third-order valence-corrected chi connectivity index (χ3v) is 4.69. The maximum absolute atomic E-state index is 12.5. The number of anilines is 1. The number of likely N-dealkylation sites (N-methyl/N-ethyl adjacent to an activating group) is 1. The number of hydrogen-bond acceptors (Lipinski definition) is 5. The average Bonchev–Trinajstić information content (AvgIpc) is 3.08. The summed E-state index contributed by atoms with van der Waals surface area (Å²) in [4.78, 5) is 25.3. The summed E-state index contributed by atoms with van der Waals surface area (Å²) in [5, 5.41) is 3.35. The Morgan fingerprint density at radius 2 is 1.82 bits per heavy atom. The van der Waals surface area contributed by atoms with Gasteiger partial charge in [0.1, 0.15) is 0 Å². The van der Waals surface area contributed by atoms with Crippen molar-refractivity contribution in [3.05, 3.63) is 18.0 Å². The summed E-state index contributed by atoms with van der Waals surface area (Å²) < 4.78 is 0. The first-order valence-corrected chi connectivity index (χ1v) is 8.36. The van der Waals surface area contributed by atoms with Gasteiger partial charge in [-0.05, 0) is 19.4 Å². The van der Waals surface area contributed by atoms with Gasteiger partial charge in [0, 0.05) is 44.6 Å². The molecule has 1 amide bonds. The number of piperazine rings is 1. The Hall–Kier alpha value is -1.69. The molecule has 1 saturated heterocycles. The van der Waals surface area contributed by atoms with Crippen molar-refractivity contribution in [2.45, 2.75) is 38.6 Å². The molecule has 22 heavy (non-hydrogen) atoms. The van der Waals surface area contributed by atoms with Crippen molar-refractivity contribution in [1.82, 2.24) is 19.8 Å². The van der Waals surface area contributed by atoms with E-state index in [2.05, 4.69) is 27.1 Å². The van der Waals surface area contributed by atoms with E-state index >= 15 is 0 Å². The number of rotatable bonds is 4. The summed E-state index contributed by atoms with van der Waals surface area (Å²) in [6.45, 7) is 6.67. The van der Waals surface area contributed by atoms with Crippen molar-refractivity contribution < 1.29 is 4.79 Å². The van der Waals surface area contributed by atoms with Gasteiger partial charge in [0.15, 0.2) is 0 Å². The largest absolute Gasteiger partial charge is 0.351 e. The highest BCUT2D eigenvalue weighted by Gasteiger charge is 2.22. The van der Waals surface area contributed by atoms with E-state index in [9.17, 15) is 4.79 Å². The Morgan fingerprint density at radius 3 is 2.41 bits per heavy atom. The zero-order chi connectivity index (χ0) is 15.4. The molecule has 0 radical (unpaired) electrons. The molecule has 0 spiro atoms. The average molecular weight is 303 g/mol. The van der Waals surface area contributed by atoms with Gasteiger partial charge in [-0.25, -0.2) is 9.97 Å². The van der Waals surface area contributed by atoms with Crippen LogP contribution in [-0.4, -0.2) is 64.4 Å². The molecule has 2 fully saturated rings. The predicted molar refractivity (Wildman–Crippen MR) is 85.9 cm³/mol. The normalized spacial score (nSPS) is 20.3. The molecule has 1 aromatic heterocycles. The molecule has 0 atom stereocenters. The molecule has 120 valence electrons. The van der Waals surface area contributed by atoms with Crippen LogP contribution in [0.2, 0.25) is 0 Å². The number of hydrogen-bond donors (Lipinski definition) is 1. The Bertz CT molecular complexity index is 490. The van der Waals surface area contributed by atoms with Crippen LogP contribution >= 0.6 is 0 Å². The van der Waals surface area contributed by atoms with Gasteiger partial charge < -0.3 is 15.1 Å². The number of carbonyl (C=O) groups excluding carboxylic acids is 1. The van der Waals surface area contributed by atoms with E-state index < -0.39 is 0 Å². The fourth-order valence-corrected chi connectivity index (χ4v) is 3.22. The van der Waals surface area contributed by atoms with Crippen LogP contribution in [0.3, 0.4) is 0 Å². The quantitative estimate of drug-likeness (QED) is 0.915. The van der Waals surface area contributed by atoms with Crippen molar-refractivity contribution in [1.29, 1.82) is 0 Å². The molecule has 2 heterocycles. The van der Waals surface area contributed by atoms with E-state index in [-0.39, 0.29) is 5.91 Å². The fourth-order valence-electron chi connectivity index (χ4n) is 3.22. The second kappa shape index (κ2) is 7.05.